The third-order valence-corrected chi connectivity index (χ3v) is 3.86. The first-order valence-corrected chi connectivity index (χ1v) is 7.46. The molecule has 1 atom stereocenters. The highest BCUT2D eigenvalue weighted by Gasteiger charge is 2.19. The van der Waals surface area contributed by atoms with Gasteiger partial charge in [-0.2, -0.15) is 5.10 Å². The van der Waals surface area contributed by atoms with Crippen LogP contribution >= 0.6 is 27.5 Å². The summed E-state index contributed by atoms with van der Waals surface area (Å²) in [6.07, 6.45) is 2.88. The van der Waals surface area contributed by atoms with Crippen LogP contribution in [0.3, 0.4) is 0 Å². The molecule has 0 amide bonds. The number of benzene rings is 1. The fourth-order valence-electron chi connectivity index (χ4n) is 2.07. The lowest BCUT2D eigenvalue weighted by molar-refractivity contribution is 0.553. The largest absolute Gasteiger partial charge is 0.305 e. The summed E-state index contributed by atoms with van der Waals surface area (Å²) >= 11 is 9.85. The van der Waals surface area contributed by atoms with Crippen LogP contribution in [-0.2, 0) is 7.05 Å². The summed E-state index contributed by atoms with van der Waals surface area (Å²) in [6.45, 7) is 3.08. The van der Waals surface area contributed by atoms with Crippen molar-refractivity contribution in [2.45, 2.75) is 19.4 Å². The van der Waals surface area contributed by atoms with E-state index < -0.39 is 0 Å². The van der Waals surface area contributed by atoms with Gasteiger partial charge in [0.15, 0.2) is 0 Å². The van der Waals surface area contributed by atoms with Gasteiger partial charge in [0.05, 0.1) is 11.7 Å². The van der Waals surface area contributed by atoms with E-state index in [-0.39, 0.29) is 6.04 Å². The van der Waals surface area contributed by atoms with Crippen molar-refractivity contribution in [1.82, 2.24) is 15.1 Å². The Bertz CT molecular complexity index is 553. The van der Waals surface area contributed by atoms with Gasteiger partial charge in [-0.25, -0.2) is 0 Å². The monoisotopic (exact) mass is 341 g/mol. The van der Waals surface area contributed by atoms with Gasteiger partial charge in [0.1, 0.15) is 0 Å². The molecule has 1 N–H and O–H groups in total. The standard InChI is InChI=1S/C14H17BrClN3/c1-3-7-17-14(13-6-8-18-19(13)2)11-9-10(15)4-5-12(11)16/h4-6,8-9,14,17H,3,7H2,1-2H3. The minimum Gasteiger partial charge on any atom is -0.305 e. The number of nitrogens with one attached hydrogen (secondary N) is 1. The summed E-state index contributed by atoms with van der Waals surface area (Å²) in [4.78, 5) is 0. The minimum absolute atomic E-state index is 0.0532. The first kappa shape index (κ1) is 14.6. The van der Waals surface area contributed by atoms with Crippen molar-refractivity contribution in [3.63, 3.8) is 0 Å². The molecule has 0 aliphatic rings. The lowest BCUT2D eigenvalue weighted by Gasteiger charge is -2.20. The molecule has 5 heteroatoms. The molecule has 102 valence electrons. The lowest BCUT2D eigenvalue weighted by atomic mass is 10.0. The van der Waals surface area contributed by atoms with Crippen LogP contribution in [-0.4, -0.2) is 16.3 Å². The number of nitrogens with zero attached hydrogens (tertiary/aromatic N) is 2. The van der Waals surface area contributed by atoms with Crippen LogP contribution in [0.25, 0.3) is 0 Å². The van der Waals surface area contributed by atoms with Gasteiger partial charge in [-0.05, 0) is 42.8 Å². The molecule has 2 rings (SSSR count). The number of aryl methyl sites for hydroxylation is 1. The number of rotatable bonds is 5. The van der Waals surface area contributed by atoms with Crippen LogP contribution in [0.2, 0.25) is 5.02 Å². The second-order valence-corrected chi connectivity index (χ2v) is 5.76. The average Bonchev–Trinajstić information content (AvgIpc) is 2.80. The molecule has 1 aromatic carbocycles. The molecule has 1 heterocycles. The van der Waals surface area contributed by atoms with Crippen LogP contribution in [0.15, 0.2) is 34.9 Å². The summed E-state index contributed by atoms with van der Waals surface area (Å²) in [5.74, 6) is 0. The van der Waals surface area contributed by atoms with Crippen LogP contribution < -0.4 is 5.32 Å². The zero-order valence-corrected chi connectivity index (χ0v) is 13.4. The first-order valence-electron chi connectivity index (χ1n) is 6.29. The molecule has 0 fully saturated rings. The third kappa shape index (κ3) is 3.38. The minimum atomic E-state index is 0.0532. The summed E-state index contributed by atoms with van der Waals surface area (Å²) < 4.78 is 2.90. The molecular weight excluding hydrogens is 326 g/mol. The van der Waals surface area contributed by atoms with E-state index in [1.54, 1.807) is 0 Å². The average molecular weight is 343 g/mol. The molecule has 0 saturated carbocycles. The van der Waals surface area contributed by atoms with Crippen molar-refractivity contribution in [3.05, 3.63) is 51.2 Å². The Labute approximate surface area is 127 Å². The van der Waals surface area contributed by atoms with Crippen LogP contribution in [0.5, 0.6) is 0 Å². The molecule has 0 saturated heterocycles. The van der Waals surface area contributed by atoms with Gasteiger partial charge < -0.3 is 5.32 Å². The van der Waals surface area contributed by atoms with E-state index in [4.69, 9.17) is 11.6 Å². The van der Waals surface area contributed by atoms with Crippen molar-refractivity contribution >= 4 is 27.5 Å². The highest BCUT2D eigenvalue weighted by atomic mass is 79.9. The molecule has 1 unspecified atom stereocenters. The zero-order chi connectivity index (χ0) is 13.8. The molecule has 3 nitrogen and oxygen atoms in total. The number of halogens is 2. The molecule has 0 bridgehead atoms. The van der Waals surface area contributed by atoms with Crippen molar-refractivity contribution in [2.75, 3.05) is 6.54 Å². The topological polar surface area (TPSA) is 29.9 Å². The van der Waals surface area contributed by atoms with E-state index >= 15 is 0 Å². The fraction of sp³-hybridized carbons (Fsp3) is 0.357. The van der Waals surface area contributed by atoms with Gasteiger partial charge in [-0.3, -0.25) is 4.68 Å². The van der Waals surface area contributed by atoms with Gasteiger partial charge in [-0.1, -0.05) is 34.5 Å². The predicted octanol–water partition coefficient (Wildman–Crippen LogP) is 3.93. The van der Waals surface area contributed by atoms with Gasteiger partial charge in [0, 0.05) is 22.7 Å². The van der Waals surface area contributed by atoms with Crippen molar-refractivity contribution in [1.29, 1.82) is 0 Å². The summed E-state index contributed by atoms with van der Waals surface area (Å²) in [6, 6.07) is 7.99. The highest BCUT2D eigenvalue weighted by Crippen LogP contribution is 2.30. The Morgan fingerprint density at radius 1 is 1.42 bits per heavy atom. The predicted molar refractivity (Wildman–Crippen MR) is 82.5 cm³/mol. The molecule has 0 aliphatic heterocycles. The smallest absolute Gasteiger partial charge is 0.0763 e. The van der Waals surface area contributed by atoms with E-state index in [2.05, 4.69) is 39.3 Å². The summed E-state index contributed by atoms with van der Waals surface area (Å²) in [5.41, 5.74) is 2.17. The van der Waals surface area contributed by atoms with Crippen molar-refractivity contribution in [3.8, 4) is 0 Å². The summed E-state index contributed by atoms with van der Waals surface area (Å²) in [7, 11) is 1.95. The fourth-order valence-corrected chi connectivity index (χ4v) is 2.67. The van der Waals surface area contributed by atoms with Crippen LogP contribution in [0, 0.1) is 0 Å². The quantitative estimate of drug-likeness (QED) is 0.892. The third-order valence-electron chi connectivity index (χ3n) is 3.02. The molecular formula is C14H17BrClN3. The van der Waals surface area contributed by atoms with Gasteiger partial charge in [-0.15, -0.1) is 0 Å². The van der Waals surface area contributed by atoms with Crippen molar-refractivity contribution < 1.29 is 0 Å². The highest BCUT2D eigenvalue weighted by molar-refractivity contribution is 9.10. The van der Waals surface area contributed by atoms with E-state index in [1.165, 1.54) is 0 Å². The Morgan fingerprint density at radius 3 is 2.84 bits per heavy atom. The van der Waals surface area contributed by atoms with Crippen LogP contribution in [0.4, 0.5) is 0 Å². The van der Waals surface area contributed by atoms with E-state index in [9.17, 15) is 0 Å². The molecule has 1 aromatic heterocycles. The number of hydrogen-bond acceptors (Lipinski definition) is 2. The Morgan fingerprint density at radius 2 is 2.21 bits per heavy atom. The Kier molecular flexibility index (Phi) is 5.02. The van der Waals surface area contributed by atoms with Crippen molar-refractivity contribution in [2.24, 2.45) is 7.05 Å². The van der Waals surface area contributed by atoms with Crippen LogP contribution in [0.1, 0.15) is 30.6 Å². The van der Waals surface area contributed by atoms with E-state index in [0.717, 1.165) is 33.7 Å². The second-order valence-electron chi connectivity index (χ2n) is 4.43. The zero-order valence-electron chi connectivity index (χ0n) is 11.0. The Hall–Kier alpha value is -0.840. The van der Waals surface area contributed by atoms with Gasteiger partial charge in [0.2, 0.25) is 0 Å². The molecule has 0 aliphatic carbocycles. The maximum Gasteiger partial charge on any atom is 0.0763 e. The molecule has 0 radical (unpaired) electrons. The van der Waals surface area contributed by atoms with E-state index in [1.807, 2.05) is 36.1 Å². The second kappa shape index (κ2) is 6.55. The lowest BCUT2D eigenvalue weighted by Crippen LogP contribution is -2.25. The number of aromatic nitrogens is 2. The van der Waals surface area contributed by atoms with Gasteiger partial charge in [0.25, 0.3) is 0 Å². The summed E-state index contributed by atoms with van der Waals surface area (Å²) in [5, 5.41) is 8.54. The molecule has 0 spiro atoms. The van der Waals surface area contributed by atoms with Gasteiger partial charge >= 0.3 is 0 Å². The normalized spacial score (nSPS) is 12.6. The molecule has 19 heavy (non-hydrogen) atoms. The van der Waals surface area contributed by atoms with E-state index in [0.29, 0.717) is 0 Å². The first-order chi connectivity index (χ1) is 9.13. The molecule has 2 aromatic rings. The number of hydrogen-bond donors (Lipinski definition) is 1. The SMILES string of the molecule is CCCNC(c1cc(Br)ccc1Cl)c1ccnn1C. The Balaban J connectivity index is 2.42. The maximum absolute atomic E-state index is 6.35. The maximum atomic E-state index is 6.35.